The van der Waals surface area contributed by atoms with E-state index in [0.717, 1.165) is 24.1 Å². The predicted molar refractivity (Wildman–Crippen MR) is 69.1 cm³/mol. The van der Waals surface area contributed by atoms with Gasteiger partial charge in [-0.2, -0.15) is 0 Å². The molecule has 0 saturated carbocycles. The Labute approximate surface area is 104 Å². The van der Waals surface area contributed by atoms with Crippen LogP contribution in [-0.2, 0) is 6.42 Å². The number of halogens is 1. The molecule has 0 spiro atoms. The van der Waals surface area contributed by atoms with E-state index in [2.05, 4.69) is 35.9 Å². The Bertz CT molecular complexity index is 494. The average molecular weight is 253 g/mol. The first-order valence-corrected chi connectivity index (χ1v) is 6.48. The molecule has 4 heteroatoms. The second kappa shape index (κ2) is 4.93. The van der Waals surface area contributed by atoms with Crippen LogP contribution < -0.4 is 0 Å². The van der Waals surface area contributed by atoms with Crippen molar-refractivity contribution in [3.63, 3.8) is 0 Å². The Balaban J connectivity index is 2.51. The van der Waals surface area contributed by atoms with Gasteiger partial charge in [-0.25, -0.2) is 9.97 Å². The summed E-state index contributed by atoms with van der Waals surface area (Å²) >= 11 is 7.86. The highest BCUT2D eigenvalue weighted by molar-refractivity contribution is 7.15. The lowest BCUT2D eigenvalue weighted by molar-refractivity contribution is 0.905. The molecule has 2 rings (SSSR count). The summed E-state index contributed by atoms with van der Waals surface area (Å²) in [5, 5.41) is 0.581. The average Bonchev–Trinajstić information content (AvgIpc) is 2.68. The fraction of sp³-hybridized carbons (Fsp3) is 0.333. The van der Waals surface area contributed by atoms with Gasteiger partial charge >= 0.3 is 0 Å². The number of aryl methyl sites for hydroxylation is 1. The summed E-state index contributed by atoms with van der Waals surface area (Å²) in [6.07, 6.45) is 3.50. The molecular formula is C12H13ClN2S. The normalized spacial score (nSPS) is 10.7. The van der Waals surface area contributed by atoms with Crippen LogP contribution in [0.2, 0.25) is 5.15 Å². The third-order valence-corrected chi connectivity index (χ3v) is 3.70. The summed E-state index contributed by atoms with van der Waals surface area (Å²) in [5.74, 6) is 0. The molecule has 0 radical (unpaired) electrons. The van der Waals surface area contributed by atoms with Gasteiger partial charge in [0.05, 0.1) is 10.6 Å². The molecule has 0 N–H and O–H groups in total. The number of thiophene rings is 1. The minimum atomic E-state index is 0.581. The van der Waals surface area contributed by atoms with Crippen molar-refractivity contribution in [3.05, 3.63) is 34.1 Å². The summed E-state index contributed by atoms with van der Waals surface area (Å²) < 4.78 is 0. The van der Waals surface area contributed by atoms with Crippen LogP contribution in [0.1, 0.15) is 23.8 Å². The second-order valence-electron chi connectivity index (χ2n) is 3.65. The number of rotatable bonds is 3. The van der Waals surface area contributed by atoms with Crippen LogP contribution in [0.15, 0.2) is 18.5 Å². The molecule has 0 unspecified atom stereocenters. The number of hydrogen-bond donors (Lipinski definition) is 0. The number of nitrogens with zero attached hydrogens (tertiary/aromatic N) is 2. The van der Waals surface area contributed by atoms with Gasteiger partial charge in [-0.1, -0.05) is 24.9 Å². The maximum absolute atomic E-state index is 6.12. The Morgan fingerprint density at radius 1 is 1.31 bits per heavy atom. The molecule has 0 amide bonds. The molecule has 16 heavy (non-hydrogen) atoms. The summed E-state index contributed by atoms with van der Waals surface area (Å²) in [4.78, 5) is 10.9. The van der Waals surface area contributed by atoms with Gasteiger partial charge in [0.1, 0.15) is 11.5 Å². The first-order chi connectivity index (χ1) is 7.72. The van der Waals surface area contributed by atoms with Crippen molar-refractivity contribution in [2.24, 2.45) is 0 Å². The van der Waals surface area contributed by atoms with Crippen molar-refractivity contribution in [1.82, 2.24) is 9.97 Å². The molecule has 0 atom stereocenters. The number of hydrogen-bond acceptors (Lipinski definition) is 3. The van der Waals surface area contributed by atoms with Crippen molar-refractivity contribution in [2.75, 3.05) is 0 Å². The van der Waals surface area contributed by atoms with E-state index in [1.807, 2.05) is 0 Å². The summed E-state index contributed by atoms with van der Waals surface area (Å²) in [7, 11) is 0. The van der Waals surface area contributed by atoms with Crippen molar-refractivity contribution >= 4 is 22.9 Å². The predicted octanol–water partition coefficient (Wildman–Crippen LogP) is 4.12. The van der Waals surface area contributed by atoms with Crippen molar-refractivity contribution in [3.8, 4) is 10.6 Å². The lowest BCUT2D eigenvalue weighted by Gasteiger charge is -2.06. The highest BCUT2D eigenvalue weighted by Crippen LogP contribution is 2.31. The lowest BCUT2D eigenvalue weighted by Crippen LogP contribution is -1.95. The van der Waals surface area contributed by atoms with Crippen LogP contribution >= 0.6 is 22.9 Å². The van der Waals surface area contributed by atoms with Gasteiger partial charge in [0, 0.05) is 10.4 Å². The monoisotopic (exact) mass is 252 g/mol. The zero-order valence-electron chi connectivity index (χ0n) is 9.33. The smallest absolute Gasteiger partial charge is 0.136 e. The van der Waals surface area contributed by atoms with Gasteiger partial charge in [0.2, 0.25) is 0 Å². The van der Waals surface area contributed by atoms with Crippen LogP contribution in [0.3, 0.4) is 0 Å². The van der Waals surface area contributed by atoms with E-state index < -0.39 is 0 Å². The first kappa shape index (κ1) is 11.6. The fourth-order valence-electron chi connectivity index (χ4n) is 1.64. The summed E-state index contributed by atoms with van der Waals surface area (Å²) in [6.45, 7) is 4.23. The van der Waals surface area contributed by atoms with E-state index in [1.54, 1.807) is 11.3 Å². The maximum Gasteiger partial charge on any atom is 0.136 e. The molecule has 0 bridgehead atoms. The van der Waals surface area contributed by atoms with Gasteiger partial charge < -0.3 is 0 Å². The van der Waals surface area contributed by atoms with Gasteiger partial charge in [0.15, 0.2) is 0 Å². The second-order valence-corrected chi connectivity index (χ2v) is 5.30. The molecule has 2 nitrogen and oxygen atoms in total. The maximum atomic E-state index is 6.12. The fourth-order valence-corrected chi connectivity index (χ4v) is 2.76. The minimum absolute atomic E-state index is 0.581. The van der Waals surface area contributed by atoms with Crippen molar-refractivity contribution in [1.29, 1.82) is 0 Å². The van der Waals surface area contributed by atoms with Gasteiger partial charge in [-0.05, 0) is 25.5 Å². The van der Waals surface area contributed by atoms with Crippen LogP contribution in [0, 0.1) is 6.92 Å². The Morgan fingerprint density at radius 3 is 2.75 bits per heavy atom. The van der Waals surface area contributed by atoms with Gasteiger partial charge in [-0.3, -0.25) is 0 Å². The standard InChI is InChI=1S/C12H13ClN2S/c1-3-4-9-11(14-7-15-12(9)13)10-6-5-8(2)16-10/h5-7H,3-4H2,1-2H3. The van der Waals surface area contributed by atoms with Crippen LogP contribution in [0.4, 0.5) is 0 Å². The molecule has 2 aromatic rings. The number of aromatic nitrogens is 2. The molecule has 0 aliphatic heterocycles. The van der Waals surface area contributed by atoms with Crippen molar-refractivity contribution < 1.29 is 0 Å². The molecular weight excluding hydrogens is 240 g/mol. The van der Waals surface area contributed by atoms with Crippen LogP contribution in [0.25, 0.3) is 10.6 Å². The zero-order valence-corrected chi connectivity index (χ0v) is 10.9. The highest BCUT2D eigenvalue weighted by Gasteiger charge is 2.12. The third-order valence-electron chi connectivity index (χ3n) is 2.37. The third kappa shape index (κ3) is 2.25. The topological polar surface area (TPSA) is 25.8 Å². The van der Waals surface area contributed by atoms with Crippen molar-refractivity contribution in [2.45, 2.75) is 26.7 Å². The van der Waals surface area contributed by atoms with Gasteiger partial charge in [-0.15, -0.1) is 11.3 Å². The van der Waals surface area contributed by atoms with Crippen LogP contribution in [-0.4, -0.2) is 9.97 Å². The van der Waals surface area contributed by atoms with E-state index in [0.29, 0.717) is 5.15 Å². The Morgan fingerprint density at radius 2 is 2.12 bits per heavy atom. The molecule has 0 aliphatic carbocycles. The van der Waals surface area contributed by atoms with E-state index >= 15 is 0 Å². The minimum Gasteiger partial charge on any atom is -0.235 e. The van der Waals surface area contributed by atoms with E-state index in [-0.39, 0.29) is 0 Å². The SMILES string of the molecule is CCCc1c(Cl)ncnc1-c1ccc(C)s1. The molecule has 2 aromatic heterocycles. The largest absolute Gasteiger partial charge is 0.235 e. The molecule has 0 fully saturated rings. The lowest BCUT2D eigenvalue weighted by atomic mass is 10.1. The van der Waals surface area contributed by atoms with Gasteiger partial charge in [0.25, 0.3) is 0 Å². The summed E-state index contributed by atoms with van der Waals surface area (Å²) in [5.41, 5.74) is 2.05. The van der Waals surface area contributed by atoms with E-state index in [4.69, 9.17) is 11.6 Å². The quantitative estimate of drug-likeness (QED) is 0.768. The summed E-state index contributed by atoms with van der Waals surface area (Å²) in [6, 6.07) is 4.20. The van der Waals surface area contributed by atoms with E-state index in [1.165, 1.54) is 16.1 Å². The first-order valence-electron chi connectivity index (χ1n) is 5.28. The Hall–Kier alpha value is -0.930. The molecule has 0 aliphatic rings. The molecule has 0 aromatic carbocycles. The highest BCUT2D eigenvalue weighted by atomic mass is 35.5. The Kier molecular flexibility index (Phi) is 3.56. The van der Waals surface area contributed by atoms with E-state index in [9.17, 15) is 0 Å². The zero-order chi connectivity index (χ0) is 11.5. The van der Waals surface area contributed by atoms with Crippen LogP contribution in [0.5, 0.6) is 0 Å². The molecule has 0 saturated heterocycles. The molecule has 84 valence electrons. The molecule has 2 heterocycles.